The maximum absolute atomic E-state index is 11.6. The maximum atomic E-state index is 11.6. The third-order valence-corrected chi connectivity index (χ3v) is 3.62. The van der Waals surface area contributed by atoms with Crippen LogP contribution in [0.5, 0.6) is 5.75 Å². The van der Waals surface area contributed by atoms with Crippen molar-refractivity contribution in [2.75, 3.05) is 13.2 Å². The van der Waals surface area contributed by atoms with E-state index in [1.54, 1.807) is 13.0 Å². The summed E-state index contributed by atoms with van der Waals surface area (Å²) in [7, 11) is 0. The van der Waals surface area contributed by atoms with E-state index in [2.05, 4.69) is 21.2 Å². The summed E-state index contributed by atoms with van der Waals surface area (Å²) in [4.78, 5) is 22.2. The highest BCUT2D eigenvalue weighted by Gasteiger charge is 2.10. The van der Waals surface area contributed by atoms with Crippen molar-refractivity contribution in [3.8, 4) is 5.75 Å². The van der Waals surface area contributed by atoms with Crippen LogP contribution in [0.25, 0.3) is 0 Å². The second-order valence-corrected chi connectivity index (χ2v) is 5.81. The zero-order valence-corrected chi connectivity index (χ0v) is 13.8. The van der Waals surface area contributed by atoms with Crippen LogP contribution < -0.4 is 10.1 Å². The number of benzene rings is 1. The van der Waals surface area contributed by atoms with E-state index in [4.69, 9.17) is 9.84 Å². The number of aryl methyl sites for hydroxylation is 1. The monoisotopic (exact) mass is 357 g/mol. The van der Waals surface area contributed by atoms with Crippen LogP contribution in [0.4, 0.5) is 0 Å². The first kappa shape index (κ1) is 17.5. The fourth-order valence-corrected chi connectivity index (χ4v) is 2.28. The van der Waals surface area contributed by atoms with Gasteiger partial charge in [-0.1, -0.05) is 13.0 Å². The molecule has 1 unspecified atom stereocenters. The summed E-state index contributed by atoms with van der Waals surface area (Å²) in [6.07, 6.45) is 1.17. The smallest absolute Gasteiger partial charge is 0.306 e. The van der Waals surface area contributed by atoms with Gasteiger partial charge in [0, 0.05) is 6.54 Å². The third kappa shape index (κ3) is 6.62. The van der Waals surface area contributed by atoms with Crippen LogP contribution in [0.2, 0.25) is 0 Å². The predicted molar refractivity (Wildman–Crippen MR) is 83.4 cm³/mol. The number of nitrogens with one attached hydrogen (secondary N) is 1. The van der Waals surface area contributed by atoms with Crippen LogP contribution in [0.15, 0.2) is 22.7 Å². The molecular formula is C15H20BrNO4. The molecule has 0 heterocycles. The number of halogens is 1. The predicted octanol–water partition coefficient (Wildman–Crippen LogP) is 2.75. The molecule has 0 aromatic heterocycles. The first-order valence-electron chi connectivity index (χ1n) is 6.78. The zero-order valence-electron chi connectivity index (χ0n) is 12.2. The molecular weight excluding hydrogens is 338 g/mol. The Labute approximate surface area is 132 Å². The summed E-state index contributed by atoms with van der Waals surface area (Å²) in [5.41, 5.74) is 1.10. The van der Waals surface area contributed by atoms with Crippen molar-refractivity contribution < 1.29 is 19.4 Å². The van der Waals surface area contributed by atoms with Crippen LogP contribution in [0.1, 0.15) is 25.3 Å². The van der Waals surface area contributed by atoms with Crippen LogP contribution in [-0.2, 0) is 9.59 Å². The van der Waals surface area contributed by atoms with Crippen LogP contribution in [0, 0.1) is 12.8 Å². The van der Waals surface area contributed by atoms with Crippen molar-refractivity contribution in [2.45, 2.75) is 26.7 Å². The molecule has 1 rings (SSSR count). The number of aliphatic carboxylic acids is 1. The van der Waals surface area contributed by atoms with E-state index in [1.165, 1.54) is 0 Å². The van der Waals surface area contributed by atoms with E-state index in [0.29, 0.717) is 25.1 Å². The Morgan fingerprint density at radius 2 is 2.14 bits per heavy atom. The third-order valence-electron chi connectivity index (χ3n) is 3.00. The van der Waals surface area contributed by atoms with Crippen molar-refractivity contribution in [2.24, 2.45) is 5.92 Å². The highest BCUT2D eigenvalue weighted by molar-refractivity contribution is 9.10. The second kappa shape index (κ2) is 8.67. The molecule has 0 aliphatic heterocycles. The Morgan fingerprint density at radius 3 is 2.76 bits per heavy atom. The fourth-order valence-electron chi connectivity index (χ4n) is 1.68. The Hall–Kier alpha value is -1.56. The number of carboxylic acids is 1. The van der Waals surface area contributed by atoms with Crippen LogP contribution in [-0.4, -0.2) is 30.1 Å². The van der Waals surface area contributed by atoms with Crippen molar-refractivity contribution in [3.63, 3.8) is 0 Å². The summed E-state index contributed by atoms with van der Waals surface area (Å²) >= 11 is 3.38. The quantitative estimate of drug-likeness (QED) is 0.701. The first-order valence-corrected chi connectivity index (χ1v) is 7.58. The van der Waals surface area contributed by atoms with E-state index in [9.17, 15) is 9.59 Å². The molecule has 0 saturated heterocycles. The number of carboxylic acid groups (broad SMARTS) is 1. The van der Waals surface area contributed by atoms with Crippen molar-refractivity contribution >= 4 is 27.8 Å². The molecule has 1 atom stereocenters. The first-order chi connectivity index (χ1) is 9.90. The molecule has 0 saturated carbocycles. The van der Waals surface area contributed by atoms with Crippen molar-refractivity contribution in [1.82, 2.24) is 5.32 Å². The number of hydrogen-bond acceptors (Lipinski definition) is 3. The van der Waals surface area contributed by atoms with Gasteiger partial charge in [0.05, 0.1) is 10.4 Å². The van der Waals surface area contributed by atoms with Gasteiger partial charge in [0.2, 0.25) is 0 Å². The Morgan fingerprint density at radius 1 is 1.43 bits per heavy atom. The summed E-state index contributed by atoms with van der Waals surface area (Å²) in [5, 5.41) is 11.4. The lowest BCUT2D eigenvalue weighted by Crippen LogP contribution is -2.30. The minimum absolute atomic E-state index is 0.0594. The average Bonchev–Trinajstić information content (AvgIpc) is 2.42. The highest BCUT2D eigenvalue weighted by Crippen LogP contribution is 2.25. The lowest BCUT2D eigenvalue weighted by atomic mass is 10.1. The molecule has 0 aliphatic rings. The minimum atomic E-state index is -0.811. The molecule has 2 N–H and O–H groups in total. The molecule has 1 aromatic carbocycles. The fraction of sp³-hybridized carbons (Fsp3) is 0.467. The Bertz CT molecular complexity index is 504. The largest absolute Gasteiger partial charge is 0.483 e. The Balaban J connectivity index is 2.24. The molecule has 6 heteroatoms. The summed E-state index contributed by atoms with van der Waals surface area (Å²) in [5.74, 6) is -0.795. The number of amides is 1. The average molecular weight is 358 g/mol. The normalized spacial score (nSPS) is 11.8. The summed E-state index contributed by atoms with van der Waals surface area (Å²) in [6, 6.07) is 5.63. The van der Waals surface area contributed by atoms with Crippen LogP contribution in [0.3, 0.4) is 0 Å². The topological polar surface area (TPSA) is 75.6 Å². The van der Waals surface area contributed by atoms with Gasteiger partial charge in [0.25, 0.3) is 5.91 Å². The minimum Gasteiger partial charge on any atom is -0.483 e. The second-order valence-electron chi connectivity index (χ2n) is 4.95. The molecule has 21 heavy (non-hydrogen) atoms. The lowest BCUT2D eigenvalue weighted by Gasteiger charge is -2.10. The SMILES string of the molecule is Cc1ccc(OCC(=O)NCCCC(C)C(=O)O)c(Br)c1. The highest BCUT2D eigenvalue weighted by atomic mass is 79.9. The van der Waals surface area contributed by atoms with Gasteiger partial charge in [-0.05, 0) is 53.4 Å². The zero-order chi connectivity index (χ0) is 15.8. The van der Waals surface area contributed by atoms with Gasteiger partial charge in [-0.3, -0.25) is 9.59 Å². The van der Waals surface area contributed by atoms with Gasteiger partial charge in [-0.25, -0.2) is 0 Å². The number of carbonyl (C=O) groups is 2. The van der Waals surface area contributed by atoms with E-state index in [0.717, 1.165) is 10.0 Å². The molecule has 116 valence electrons. The van der Waals surface area contributed by atoms with Gasteiger partial charge in [0.15, 0.2) is 6.61 Å². The molecule has 0 aliphatic carbocycles. The number of carbonyl (C=O) groups excluding carboxylic acids is 1. The molecule has 0 fully saturated rings. The molecule has 0 radical (unpaired) electrons. The van der Waals surface area contributed by atoms with Gasteiger partial charge in [-0.2, -0.15) is 0 Å². The van der Waals surface area contributed by atoms with Gasteiger partial charge in [-0.15, -0.1) is 0 Å². The maximum Gasteiger partial charge on any atom is 0.306 e. The molecule has 5 nitrogen and oxygen atoms in total. The van der Waals surface area contributed by atoms with Gasteiger partial charge >= 0.3 is 5.97 Å². The van der Waals surface area contributed by atoms with Crippen LogP contribution >= 0.6 is 15.9 Å². The van der Waals surface area contributed by atoms with E-state index < -0.39 is 5.97 Å². The summed E-state index contributed by atoms with van der Waals surface area (Å²) < 4.78 is 6.23. The molecule has 1 amide bonds. The van der Waals surface area contributed by atoms with E-state index >= 15 is 0 Å². The van der Waals surface area contributed by atoms with Crippen molar-refractivity contribution in [3.05, 3.63) is 28.2 Å². The standard InChI is InChI=1S/C15H20BrNO4/c1-10-5-6-13(12(16)8-10)21-9-14(18)17-7-3-4-11(2)15(19)20/h5-6,8,11H,3-4,7,9H2,1-2H3,(H,17,18)(H,19,20). The Kier molecular flexibility index (Phi) is 7.22. The number of rotatable bonds is 8. The molecule has 1 aromatic rings. The van der Waals surface area contributed by atoms with Gasteiger partial charge < -0.3 is 15.2 Å². The number of hydrogen-bond donors (Lipinski definition) is 2. The van der Waals surface area contributed by atoms with Crippen molar-refractivity contribution in [1.29, 1.82) is 0 Å². The van der Waals surface area contributed by atoms with E-state index in [1.807, 2.05) is 19.1 Å². The number of ether oxygens (including phenoxy) is 1. The van der Waals surface area contributed by atoms with Gasteiger partial charge in [0.1, 0.15) is 5.75 Å². The summed E-state index contributed by atoms with van der Waals surface area (Å²) in [6.45, 7) is 4.02. The molecule has 0 bridgehead atoms. The lowest BCUT2D eigenvalue weighted by molar-refractivity contribution is -0.141. The molecule has 0 spiro atoms. The van der Waals surface area contributed by atoms with E-state index in [-0.39, 0.29) is 18.4 Å².